The van der Waals surface area contributed by atoms with Crippen LogP contribution >= 0.6 is 11.3 Å². The molecule has 0 radical (unpaired) electrons. The first-order valence-electron chi connectivity index (χ1n) is 11.0. The van der Waals surface area contributed by atoms with E-state index < -0.39 is 6.04 Å². The van der Waals surface area contributed by atoms with E-state index in [4.69, 9.17) is 9.47 Å². The molecular formula is C25H24FN3O2S. The summed E-state index contributed by atoms with van der Waals surface area (Å²) < 4.78 is 25.1. The van der Waals surface area contributed by atoms with Crippen LogP contribution in [-0.2, 0) is 6.54 Å². The molecule has 5 nitrogen and oxygen atoms in total. The van der Waals surface area contributed by atoms with Gasteiger partial charge in [-0.1, -0.05) is 18.6 Å². The van der Waals surface area contributed by atoms with Crippen molar-refractivity contribution in [2.45, 2.75) is 38.8 Å². The third-order valence-electron chi connectivity index (χ3n) is 6.15. The van der Waals surface area contributed by atoms with Gasteiger partial charge < -0.3 is 14.5 Å². The third-order valence-corrected chi connectivity index (χ3v) is 7.27. The molecule has 2 aliphatic heterocycles. The highest BCUT2D eigenvalue weighted by molar-refractivity contribution is 7.15. The fourth-order valence-electron chi connectivity index (χ4n) is 4.63. The number of likely N-dealkylation sites (tertiary alicyclic amines) is 1. The van der Waals surface area contributed by atoms with E-state index in [1.54, 1.807) is 6.07 Å². The lowest BCUT2D eigenvalue weighted by atomic mass is 10.0. The monoisotopic (exact) mass is 449 g/mol. The average molecular weight is 450 g/mol. The van der Waals surface area contributed by atoms with Gasteiger partial charge in [-0.2, -0.15) is 4.39 Å². The second-order valence-electron chi connectivity index (χ2n) is 8.60. The lowest BCUT2D eigenvalue weighted by molar-refractivity contribution is -0.173. The standard InChI is InChI=1S/C25H24FN3O2S/c1-25(26)30-21-7-5-6-18(23(21)31-25)20-14-28-24-19(20)12-16(13-27-24)22-9-8-17(32-22)15-29-10-3-2-4-11-29/h5-9,12-14H,2-4,10-11,15H2,1H3,(H,27,28). The highest BCUT2D eigenvalue weighted by Gasteiger charge is 2.38. The minimum Gasteiger partial charge on any atom is -0.423 e. The maximum atomic E-state index is 14.3. The number of aromatic nitrogens is 2. The van der Waals surface area contributed by atoms with Crippen LogP contribution in [0.25, 0.3) is 32.6 Å². The summed E-state index contributed by atoms with van der Waals surface area (Å²) in [5.74, 6) is 0.829. The Morgan fingerprint density at radius 1 is 1.12 bits per heavy atom. The number of hydrogen-bond acceptors (Lipinski definition) is 5. The van der Waals surface area contributed by atoms with Crippen LogP contribution in [0, 0.1) is 0 Å². The summed E-state index contributed by atoms with van der Waals surface area (Å²) in [7, 11) is 0. The molecule has 0 spiro atoms. The van der Waals surface area contributed by atoms with Crippen LogP contribution in [0.1, 0.15) is 31.1 Å². The number of H-pyrrole nitrogens is 1. The molecule has 1 unspecified atom stereocenters. The molecule has 1 fully saturated rings. The maximum Gasteiger partial charge on any atom is 0.404 e. The number of benzene rings is 1. The highest BCUT2D eigenvalue weighted by Crippen LogP contribution is 2.48. The van der Waals surface area contributed by atoms with Crippen molar-refractivity contribution in [1.29, 1.82) is 0 Å². The van der Waals surface area contributed by atoms with Gasteiger partial charge in [-0.05, 0) is 50.2 Å². The van der Waals surface area contributed by atoms with Gasteiger partial charge in [-0.25, -0.2) is 4.98 Å². The number of nitrogens with one attached hydrogen (secondary N) is 1. The molecule has 1 atom stereocenters. The number of thiophene rings is 1. The predicted octanol–water partition coefficient (Wildman–Crippen LogP) is 6.36. The molecule has 1 N–H and O–H groups in total. The summed E-state index contributed by atoms with van der Waals surface area (Å²) in [5.41, 5.74) is 3.56. The largest absolute Gasteiger partial charge is 0.423 e. The van der Waals surface area contributed by atoms with Crippen LogP contribution in [0.5, 0.6) is 11.5 Å². The number of nitrogens with zero attached hydrogens (tertiary/aromatic N) is 2. The van der Waals surface area contributed by atoms with Crippen molar-refractivity contribution >= 4 is 22.4 Å². The average Bonchev–Trinajstić information content (AvgIpc) is 3.49. The van der Waals surface area contributed by atoms with Crippen LogP contribution in [0.2, 0.25) is 0 Å². The molecule has 5 heterocycles. The van der Waals surface area contributed by atoms with Gasteiger partial charge >= 0.3 is 6.04 Å². The summed E-state index contributed by atoms with van der Waals surface area (Å²) in [6.07, 6.45) is 7.75. The van der Waals surface area contributed by atoms with Crippen molar-refractivity contribution in [3.8, 4) is 33.1 Å². The molecule has 1 saturated heterocycles. The molecule has 7 heteroatoms. The van der Waals surface area contributed by atoms with E-state index in [-0.39, 0.29) is 0 Å². The molecule has 0 bridgehead atoms. The maximum absolute atomic E-state index is 14.3. The Labute approximate surface area is 189 Å². The minimum absolute atomic E-state index is 0.409. The van der Waals surface area contributed by atoms with Crippen molar-refractivity contribution in [3.63, 3.8) is 0 Å². The first-order valence-corrected chi connectivity index (χ1v) is 11.9. The van der Waals surface area contributed by atoms with Gasteiger partial charge in [0.05, 0.1) is 0 Å². The number of piperidine rings is 1. The Morgan fingerprint density at radius 2 is 2.00 bits per heavy atom. The fraction of sp³-hybridized carbons (Fsp3) is 0.320. The highest BCUT2D eigenvalue weighted by atomic mass is 32.1. The van der Waals surface area contributed by atoms with Crippen molar-refractivity contribution in [1.82, 2.24) is 14.9 Å². The summed E-state index contributed by atoms with van der Waals surface area (Å²) in [6.45, 7) is 4.67. The molecule has 0 saturated carbocycles. The van der Waals surface area contributed by atoms with E-state index in [0.29, 0.717) is 11.5 Å². The zero-order chi connectivity index (χ0) is 21.7. The lowest BCUT2D eigenvalue weighted by Crippen LogP contribution is -2.28. The Kier molecular flexibility index (Phi) is 4.69. The van der Waals surface area contributed by atoms with E-state index in [9.17, 15) is 4.39 Å². The van der Waals surface area contributed by atoms with Gasteiger partial charge in [0, 0.05) is 57.7 Å². The molecule has 4 aromatic rings. The van der Waals surface area contributed by atoms with Gasteiger partial charge in [0.2, 0.25) is 0 Å². The molecular weight excluding hydrogens is 425 g/mol. The van der Waals surface area contributed by atoms with Gasteiger partial charge in [0.1, 0.15) is 5.65 Å². The van der Waals surface area contributed by atoms with Gasteiger partial charge in [0.15, 0.2) is 11.5 Å². The quantitative estimate of drug-likeness (QED) is 0.394. The Bertz CT molecular complexity index is 1290. The molecule has 3 aromatic heterocycles. The predicted molar refractivity (Wildman–Crippen MR) is 125 cm³/mol. The summed E-state index contributed by atoms with van der Waals surface area (Å²) in [6, 6.07) is 9.89. The number of alkyl halides is 1. The number of ether oxygens (including phenoxy) is 2. The van der Waals surface area contributed by atoms with Crippen LogP contribution in [-0.4, -0.2) is 34.0 Å². The van der Waals surface area contributed by atoms with Crippen molar-refractivity contribution in [3.05, 3.63) is 53.7 Å². The Balaban J connectivity index is 1.34. The van der Waals surface area contributed by atoms with E-state index in [1.165, 1.54) is 49.0 Å². The number of rotatable bonds is 4. The number of hydrogen-bond donors (Lipinski definition) is 1. The van der Waals surface area contributed by atoms with Crippen LogP contribution in [0.3, 0.4) is 0 Å². The minimum atomic E-state index is -2.16. The smallest absolute Gasteiger partial charge is 0.404 e. The summed E-state index contributed by atoms with van der Waals surface area (Å²) in [4.78, 5) is 13.0. The number of halogens is 1. The summed E-state index contributed by atoms with van der Waals surface area (Å²) in [5, 5.41) is 0.970. The lowest BCUT2D eigenvalue weighted by Gasteiger charge is -2.25. The fourth-order valence-corrected chi connectivity index (χ4v) is 5.66. The van der Waals surface area contributed by atoms with Gasteiger partial charge in [0.25, 0.3) is 0 Å². The Morgan fingerprint density at radius 3 is 2.88 bits per heavy atom. The van der Waals surface area contributed by atoms with E-state index >= 15 is 0 Å². The SMILES string of the molecule is CC1(F)Oc2cccc(-c3c[nH]c4ncc(-c5ccc(CN6CCCCC6)s5)cc34)c2O1. The molecule has 6 rings (SSSR count). The Hall–Kier alpha value is -2.90. The van der Waals surface area contributed by atoms with E-state index in [2.05, 4.69) is 33.1 Å². The van der Waals surface area contributed by atoms with Crippen LogP contribution in [0.15, 0.2) is 48.8 Å². The molecule has 0 aliphatic carbocycles. The molecule has 164 valence electrons. The molecule has 1 aromatic carbocycles. The zero-order valence-corrected chi connectivity index (χ0v) is 18.7. The number of aromatic amines is 1. The number of fused-ring (bicyclic) bond motifs is 2. The van der Waals surface area contributed by atoms with E-state index in [1.807, 2.05) is 35.9 Å². The van der Waals surface area contributed by atoms with Crippen LogP contribution < -0.4 is 9.47 Å². The first kappa shape index (κ1) is 19.8. The van der Waals surface area contributed by atoms with Crippen LogP contribution in [0.4, 0.5) is 4.39 Å². The van der Waals surface area contributed by atoms with Gasteiger partial charge in [-0.3, -0.25) is 4.90 Å². The second kappa shape index (κ2) is 7.60. The number of pyridine rings is 1. The second-order valence-corrected chi connectivity index (χ2v) is 9.77. The van der Waals surface area contributed by atoms with Crippen molar-refractivity contribution in [2.75, 3.05) is 13.1 Å². The topological polar surface area (TPSA) is 50.4 Å². The normalized spacial score (nSPS) is 20.8. The van der Waals surface area contributed by atoms with Crippen molar-refractivity contribution < 1.29 is 13.9 Å². The number of para-hydroxylation sites is 1. The zero-order valence-electron chi connectivity index (χ0n) is 17.9. The van der Waals surface area contributed by atoms with Gasteiger partial charge in [-0.15, -0.1) is 11.3 Å². The summed E-state index contributed by atoms with van der Waals surface area (Å²) >= 11 is 1.83. The first-order chi connectivity index (χ1) is 15.6. The van der Waals surface area contributed by atoms with Crippen molar-refractivity contribution in [2.24, 2.45) is 0 Å². The molecule has 0 amide bonds. The molecule has 32 heavy (non-hydrogen) atoms. The van der Waals surface area contributed by atoms with E-state index in [0.717, 1.165) is 34.3 Å². The molecule has 2 aliphatic rings. The third kappa shape index (κ3) is 3.55.